The van der Waals surface area contributed by atoms with Gasteiger partial charge in [-0.25, -0.2) is 12.4 Å². The van der Waals surface area contributed by atoms with Crippen LogP contribution in [0.5, 0.6) is 0 Å². The maximum absolute atomic E-state index is 13.4. The van der Waals surface area contributed by atoms with Crippen LogP contribution in [0.1, 0.15) is 11.3 Å². The Morgan fingerprint density at radius 1 is 1.03 bits per heavy atom. The summed E-state index contributed by atoms with van der Waals surface area (Å²) in [6.07, 6.45) is 1.73. The zero-order valence-electron chi connectivity index (χ0n) is 17.3. The van der Waals surface area contributed by atoms with Gasteiger partial charge in [0, 0.05) is 55.0 Å². The number of hydrogen-bond donors (Lipinski definition) is 0. The molecule has 0 atom stereocenters. The highest BCUT2D eigenvalue weighted by Crippen LogP contribution is 2.29. The van der Waals surface area contributed by atoms with Crippen LogP contribution in [0.2, 0.25) is 0 Å². The number of para-hydroxylation sites is 1. The molecule has 0 amide bonds. The van der Waals surface area contributed by atoms with Gasteiger partial charge in [0.05, 0.1) is 21.6 Å². The van der Waals surface area contributed by atoms with Gasteiger partial charge in [-0.3, -0.25) is 15.1 Å². The third-order valence-electron chi connectivity index (χ3n) is 5.52. The Bertz CT molecular complexity index is 1260. The molecule has 0 radical (unpaired) electrons. The summed E-state index contributed by atoms with van der Waals surface area (Å²) < 4.78 is 28.2. The van der Waals surface area contributed by atoms with Crippen molar-refractivity contribution in [3.8, 4) is 0 Å². The molecule has 0 aliphatic carbocycles. The highest BCUT2D eigenvalue weighted by Gasteiger charge is 2.25. The maximum atomic E-state index is 13.4. The summed E-state index contributed by atoms with van der Waals surface area (Å²) in [5, 5.41) is 18.3. The zero-order valence-corrected chi connectivity index (χ0v) is 18.1. The van der Waals surface area contributed by atoms with Gasteiger partial charge >= 0.3 is 0 Å². The average Bonchev–Trinajstić information content (AvgIpc) is 3.05. The van der Waals surface area contributed by atoms with Crippen molar-refractivity contribution in [1.82, 2.24) is 13.9 Å². The largest absolute Gasteiger partial charge is 0.303 e. The van der Waals surface area contributed by atoms with Crippen molar-refractivity contribution < 1.29 is 13.3 Å². The SMILES string of the molecule is Cc1c(C=NN2CCN(C)CC2)c2ccccc2n1S(=O)(=O)c1ccc([N+](=O)[O-])cc1. The van der Waals surface area contributed by atoms with E-state index in [0.717, 1.165) is 37.1 Å². The first-order valence-corrected chi connectivity index (χ1v) is 11.3. The molecule has 9 nitrogen and oxygen atoms in total. The van der Waals surface area contributed by atoms with Gasteiger partial charge in [-0.1, -0.05) is 18.2 Å². The van der Waals surface area contributed by atoms with E-state index in [9.17, 15) is 18.5 Å². The number of nitro groups is 1. The van der Waals surface area contributed by atoms with E-state index in [2.05, 4.69) is 17.0 Å². The summed E-state index contributed by atoms with van der Waals surface area (Å²) in [5.74, 6) is 0. The van der Waals surface area contributed by atoms with Crippen LogP contribution in [0.4, 0.5) is 5.69 Å². The lowest BCUT2D eigenvalue weighted by atomic mass is 10.1. The van der Waals surface area contributed by atoms with E-state index in [1.165, 1.54) is 28.2 Å². The van der Waals surface area contributed by atoms with Crippen molar-refractivity contribution >= 4 is 32.8 Å². The zero-order chi connectivity index (χ0) is 22.2. The lowest BCUT2D eigenvalue weighted by molar-refractivity contribution is -0.384. The fraction of sp³-hybridized carbons (Fsp3) is 0.286. The molecule has 2 heterocycles. The van der Waals surface area contributed by atoms with Gasteiger partial charge in [0.25, 0.3) is 15.7 Å². The second-order valence-corrected chi connectivity index (χ2v) is 9.32. The number of hydrogen-bond acceptors (Lipinski definition) is 7. The molecular formula is C21H23N5O4S. The Kier molecular flexibility index (Phi) is 5.50. The van der Waals surface area contributed by atoms with Crippen LogP contribution >= 0.6 is 0 Å². The first-order chi connectivity index (χ1) is 14.8. The Morgan fingerprint density at radius 3 is 2.32 bits per heavy atom. The molecular weight excluding hydrogens is 418 g/mol. The molecule has 4 rings (SSSR count). The van der Waals surface area contributed by atoms with Crippen LogP contribution < -0.4 is 0 Å². The molecule has 1 aliphatic heterocycles. The monoisotopic (exact) mass is 441 g/mol. The number of fused-ring (bicyclic) bond motifs is 1. The van der Waals surface area contributed by atoms with Crippen LogP contribution in [0, 0.1) is 17.0 Å². The highest BCUT2D eigenvalue weighted by atomic mass is 32.2. The molecule has 0 N–H and O–H groups in total. The number of non-ortho nitro benzene ring substituents is 1. The third kappa shape index (κ3) is 3.91. The molecule has 162 valence electrons. The van der Waals surface area contributed by atoms with Crippen LogP contribution in [0.3, 0.4) is 0 Å². The van der Waals surface area contributed by atoms with Crippen LogP contribution in [0.15, 0.2) is 58.5 Å². The first kappa shape index (κ1) is 21.0. The number of nitrogens with zero attached hydrogens (tertiary/aromatic N) is 5. The molecule has 1 aromatic heterocycles. The molecule has 0 saturated carbocycles. The van der Waals surface area contributed by atoms with Crippen molar-refractivity contribution in [3.05, 3.63) is 69.9 Å². The number of benzene rings is 2. The van der Waals surface area contributed by atoms with Gasteiger partial charge in [0.15, 0.2) is 0 Å². The minimum Gasteiger partial charge on any atom is -0.303 e. The minimum absolute atomic E-state index is 0.00971. The van der Waals surface area contributed by atoms with E-state index >= 15 is 0 Å². The standard InChI is InChI=1S/C21H23N5O4S/c1-16-20(15-22-24-13-11-23(2)12-14-24)19-5-3-4-6-21(19)25(16)31(29,30)18-9-7-17(8-10-18)26(27)28/h3-10,15H,11-14H2,1-2H3. The fourth-order valence-electron chi connectivity index (χ4n) is 3.73. The molecule has 31 heavy (non-hydrogen) atoms. The summed E-state index contributed by atoms with van der Waals surface area (Å²) in [5.41, 5.74) is 1.66. The van der Waals surface area contributed by atoms with E-state index in [1.54, 1.807) is 25.3 Å². The second-order valence-electron chi connectivity index (χ2n) is 7.54. The minimum atomic E-state index is -3.96. The lowest BCUT2D eigenvalue weighted by Crippen LogP contribution is -2.41. The number of piperazine rings is 1. The highest BCUT2D eigenvalue weighted by molar-refractivity contribution is 7.90. The number of hydrazone groups is 1. The van der Waals surface area contributed by atoms with Gasteiger partial charge in [-0.2, -0.15) is 5.10 Å². The Hall–Kier alpha value is -3.24. The normalized spacial score (nSPS) is 15.7. The first-order valence-electron chi connectivity index (χ1n) is 9.86. The molecule has 1 saturated heterocycles. The molecule has 0 unspecified atom stereocenters. The van der Waals surface area contributed by atoms with Gasteiger partial charge < -0.3 is 4.90 Å². The van der Waals surface area contributed by atoms with Crippen molar-refractivity contribution in [3.63, 3.8) is 0 Å². The van der Waals surface area contributed by atoms with Crippen molar-refractivity contribution in [2.45, 2.75) is 11.8 Å². The number of likely N-dealkylation sites (N-methyl/N-ethyl adjacent to an activating group) is 1. The van der Waals surface area contributed by atoms with Crippen LogP contribution in [-0.2, 0) is 10.0 Å². The van der Waals surface area contributed by atoms with E-state index in [4.69, 9.17) is 0 Å². The molecule has 1 fully saturated rings. The average molecular weight is 442 g/mol. The van der Waals surface area contributed by atoms with Crippen molar-refractivity contribution in [1.29, 1.82) is 0 Å². The van der Waals surface area contributed by atoms with Gasteiger partial charge in [0.2, 0.25) is 0 Å². The topological polar surface area (TPSA) is 101 Å². The molecule has 0 spiro atoms. The molecule has 10 heteroatoms. The van der Waals surface area contributed by atoms with Gasteiger partial charge in [-0.15, -0.1) is 0 Å². The Balaban J connectivity index is 1.78. The summed E-state index contributed by atoms with van der Waals surface area (Å²) in [6, 6.07) is 12.2. The maximum Gasteiger partial charge on any atom is 0.269 e. The van der Waals surface area contributed by atoms with Gasteiger partial charge in [-0.05, 0) is 32.2 Å². The number of nitro benzene ring substituents is 1. The van der Waals surface area contributed by atoms with E-state index < -0.39 is 14.9 Å². The third-order valence-corrected chi connectivity index (χ3v) is 7.34. The van der Waals surface area contributed by atoms with Crippen molar-refractivity contribution in [2.24, 2.45) is 5.10 Å². The molecule has 2 aromatic carbocycles. The van der Waals surface area contributed by atoms with Gasteiger partial charge in [0.1, 0.15) is 0 Å². The van der Waals surface area contributed by atoms with E-state index in [-0.39, 0.29) is 10.6 Å². The van der Waals surface area contributed by atoms with E-state index in [0.29, 0.717) is 11.2 Å². The number of aromatic nitrogens is 1. The Morgan fingerprint density at radius 2 is 1.68 bits per heavy atom. The second kappa shape index (κ2) is 8.12. The van der Waals surface area contributed by atoms with Crippen LogP contribution in [-0.4, -0.2) is 66.7 Å². The van der Waals surface area contributed by atoms with Crippen LogP contribution in [0.25, 0.3) is 10.9 Å². The fourth-order valence-corrected chi connectivity index (χ4v) is 5.30. The lowest BCUT2D eigenvalue weighted by Gasteiger charge is -2.30. The summed E-state index contributed by atoms with van der Waals surface area (Å²) in [7, 11) is -1.88. The summed E-state index contributed by atoms with van der Waals surface area (Å²) in [6.45, 7) is 5.21. The predicted molar refractivity (Wildman–Crippen MR) is 119 cm³/mol. The quantitative estimate of drug-likeness (QED) is 0.343. The summed E-state index contributed by atoms with van der Waals surface area (Å²) >= 11 is 0. The number of rotatable bonds is 5. The Labute approximate surface area is 180 Å². The molecule has 0 bridgehead atoms. The van der Waals surface area contributed by atoms with Crippen molar-refractivity contribution in [2.75, 3.05) is 33.2 Å². The molecule has 1 aliphatic rings. The smallest absolute Gasteiger partial charge is 0.269 e. The van der Waals surface area contributed by atoms with E-state index in [1.807, 2.05) is 17.1 Å². The predicted octanol–water partition coefficient (Wildman–Crippen LogP) is 2.68. The molecule has 3 aromatic rings. The summed E-state index contributed by atoms with van der Waals surface area (Å²) in [4.78, 5) is 12.6.